The summed E-state index contributed by atoms with van der Waals surface area (Å²) in [5, 5.41) is 8.12. The number of ether oxygens (including phenoxy) is 1. The first-order chi connectivity index (χ1) is 12.2. The summed E-state index contributed by atoms with van der Waals surface area (Å²) in [4.78, 5) is 19.2. The summed E-state index contributed by atoms with van der Waals surface area (Å²) in [6.07, 6.45) is 4.20. The molecule has 2 aromatic heterocycles. The molecule has 0 aromatic carbocycles. The Kier molecular flexibility index (Phi) is 3.41. The number of hydrogen-bond acceptors (Lipinski definition) is 7. The lowest BCUT2D eigenvalue weighted by molar-refractivity contribution is -0.0610. The Balaban J connectivity index is 1.42. The lowest BCUT2D eigenvalue weighted by Gasteiger charge is -2.37. The molecule has 8 nitrogen and oxygen atoms in total. The molecule has 3 heterocycles. The third kappa shape index (κ3) is 2.74. The topological polar surface area (TPSA) is 94.5 Å². The molecule has 2 aromatic rings. The zero-order valence-corrected chi connectivity index (χ0v) is 14.1. The molecule has 5 rings (SSSR count). The number of morpholine rings is 1. The molecule has 0 spiro atoms. The van der Waals surface area contributed by atoms with Gasteiger partial charge in [-0.1, -0.05) is 10.3 Å². The molecule has 1 amide bonds. The minimum absolute atomic E-state index is 0.203. The third-order valence-corrected chi connectivity index (χ3v) is 5.14. The molecule has 0 unspecified atom stereocenters. The van der Waals surface area contributed by atoms with Gasteiger partial charge in [-0.05, 0) is 32.6 Å². The average Bonchev–Trinajstić information content (AvgIpc) is 3.55. The fraction of sp³-hybridized carbons (Fsp3) is 0.647. The monoisotopic (exact) mass is 344 g/mol. The van der Waals surface area contributed by atoms with Gasteiger partial charge in [0.25, 0.3) is 11.8 Å². The molecule has 1 saturated heterocycles. The first-order valence-electron chi connectivity index (χ1n) is 8.93. The van der Waals surface area contributed by atoms with Crippen LogP contribution in [0.15, 0.2) is 15.1 Å². The van der Waals surface area contributed by atoms with Crippen molar-refractivity contribution >= 4 is 5.91 Å². The number of amides is 1. The summed E-state index contributed by atoms with van der Waals surface area (Å²) < 4.78 is 16.5. The van der Waals surface area contributed by atoms with Gasteiger partial charge in [0.1, 0.15) is 6.04 Å². The lowest BCUT2D eigenvalue weighted by atomic mass is 10.1. The van der Waals surface area contributed by atoms with Gasteiger partial charge in [-0.15, -0.1) is 0 Å². The molecular weight excluding hydrogens is 324 g/mol. The van der Waals surface area contributed by atoms with Gasteiger partial charge in [-0.3, -0.25) is 4.79 Å². The Morgan fingerprint density at radius 2 is 1.96 bits per heavy atom. The van der Waals surface area contributed by atoms with E-state index >= 15 is 0 Å². The van der Waals surface area contributed by atoms with Crippen LogP contribution in [0.25, 0.3) is 0 Å². The van der Waals surface area contributed by atoms with E-state index < -0.39 is 6.04 Å². The molecular formula is C17H20N4O4. The highest BCUT2D eigenvalue weighted by Gasteiger charge is 2.41. The van der Waals surface area contributed by atoms with Gasteiger partial charge in [-0.25, -0.2) is 0 Å². The summed E-state index contributed by atoms with van der Waals surface area (Å²) in [5.74, 6) is 2.08. The number of hydrogen-bond donors (Lipinski definition) is 0. The van der Waals surface area contributed by atoms with Crippen molar-refractivity contribution in [2.75, 3.05) is 13.2 Å². The highest BCUT2D eigenvalue weighted by molar-refractivity contribution is 5.91. The number of nitrogens with zero attached hydrogens (tertiary/aromatic N) is 4. The number of rotatable bonds is 4. The van der Waals surface area contributed by atoms with Gasteiger partial charge in [0.05, 0.1) is 18.4 Å². The third-order valence-electron chi connectivity index (χ3n) is 5.14. The lowest BCUT2D eigenvalue weighted by Crippen LogP contribution is -2.47. The van der Waals surface area contributed by atoms with E-state index in [1.807, 2.05) is 6.92 Å². The summed E-state index contributed by atoms with van der Waals surface area (Å²) in [5.41, 5.74) is 0.870. The van der Waals surface area contributed by atoms with Crippen LogP contribution in [0.2, 0.25) is 0 Å². The minimum atomic E-state index is -0.407. The SMILES string of the molecule is C[C@H]1OCCN(C(=O)c2cc(C3CC3)no2)[C@@H]1c1nc(C2CC2)no1. The molecule has 3 fully saturated rings. The van der Waals surface area contributed by atoms with Crippen molar-refractivity contribution in [1.29, 1.82) is 0 Å². The van der Waals surface area contributed by atoms with Crippen molar-refractivity contribution in [3.63, 3.8) is 0 Å². The van der Waals surface area contributed by atoms with Crippen LogP contribution in [0.5, 0.6) is 0 Å². The summed E-state index contributed by atoms with van der Waals surface area (Å²) in [6, 6.07) is 1.36. The highest BCUT2D eigenvalue weighted by atomic mass is 16.5. The van der Waals surface area contributed by atoms with Gasteiger partial charge in [-0.2, -0.15) is 4.98 Å². The summed E-state index contributed by atoms with van der Waals surface area (Å²) in [7, 11) is 0. The maximum absolute atomic E-state index is 13.0. The van der Waals surface area contributed by atoms with Crippen LogP contribution in [-0.2, 0) is 4.74 Å². The van der Waals surface area contributed by atoms with Gasteiger partial charge >= 0.3 is 0 Å². The summed E-state index contributed by atoms with van der Waals surface area (Å²) >= 11 is 0. The number of carbonyl (C=O) groups excluding carboxylic acids is 1. The van der Waals surface area contributed by atoms with Gasteiger partial charge in [0, 0.05) is 24.4 Å². The molecule has 0 radical (unpaired) electrons. The molecule has 0 N–H and O–H groups in total. The van der Waals surface area contributed by atoms with Crippen LogP contribution in [-0.4, -0.2) is 45.4 Å². The van der Waals surface area contributed by atoms with E-state index in [1.54, 1.807) is 11.0 Å². The Hall–Kier alpha value is -2.22. The van der Waals surface area contributed by atoms with E-state index in [0.29, 0.717) is 30.9 Å². The van der Waals surface area contributed by atoms with E-state index in [2.05, 4.69) is 15.3 Å². The zero-order chi connectivity index (χ0) is 17.0. The molecule has 2 aliphatic carbocycles. The van der Waals surface area contributed by atoms with Gasteiger partial charge in [0.15, 0.2) is 5.82 Å². The van der Waals surface area contributed by atoms with Crippen LogP contribution >= 0.6 is 0 Å². The first kappa shape index (κ1) is 15.1. The number of carbonyl (C=O) groups is 1. The Bertz CT molecular complexity index is 792. The van der Waals surface area contributed by atoms with Crippen molar-refractivity contribution in [2.24, 2.45) is 0 Å². The van der Waals surface area contributed by atoms with E-state index in [-0.39, 0.29) is 17.8 Å². The second-order valence-corrected chi connectivity index (χ2v) is 7.17. The normalized spacial score (nSPS) is 26.8. The van der Waals surface area contributed by atoms with Crippen LogP contribution in [0.4, 0.5) is 0 Å². The Morgan fingerprint density at radius 1 is 1.16 bits per heavy atom. The first-order valence-corrected chi connectivity index (χ1v) is 8.93. The van der Waals surface area contributed by atoms with Gasteiger partial charge < -0.3 is 18.7 Å². The van der Waals surface area contributed by atoms with Crippen molar-refractivity contribution < 1.29 is 18.6 Å². The molecule has 0 bridgehead atoms. The Morgan fingerprint density at radius 3 is 2.72 bits per heavy atom. The minimum Gasteiger partial charge on any atom is -0.374 e. The number of aromatic nitrogens is 3. The molecule has 2 saturated carbocycles. The fourth-order valence-electron chi connectivity index (χ4n) is 3.36. The molecule has 3 aliphatic rings. The largest absolute Gasteiger partial charge is 0.374 e. The predicted octanol–water partition coefficient (Wildman–Crippen LogP) is 2.41. The van der Waals surface area contributed by atoms with E-state index in [9.17, 15) is 4.79 Å². The molecule has 2 atom stereocenters. The fourth-order valence-corrected chi connectivity index (χ4v) is 3.36. The maximum atomic E-state index is 13.0. The van der Waals surface area contributed by atoms with Crippen molar-refractivity contribution in [3.05, 3.63) is 29.2 Å². The summed E-state index contributed by atoms with van der Waals surface area (Å²) in [6.45, 7) is 2.84. The smallest absolute Gasteiger partial charge is 0.293 e. The van der Waals surface area contributed by atoms with Crippen molar-refractivity contribution in [1.82, 2.24) is 20.2 Å². The van der Waals surface area contributed by atoms with Crippen LogP contribution in [0.3, 0.4) is 0 Å². The molecule has 132 valence electrons. The second-order valence-electron chi connectivity index (χ2n) is 7.17. The molecule has 8 heteroatoms. The second kappa shape index (κ2) is 5.66. The molecule has 25 heavy (non-hydrogen) atoms. The average molecular weight is 344 g/mol. The van der Waals surface area contributed by atoms with E-state index in [1.165, 1.54) is 0 Å². The van der Waals surface area contributed by atoms with Crippen LogP contribution in [0.1, 0.15) is 78.4 Å². The molecule has 1 aliphatic heterocycles. The zero-order valence-electron chi connectivity index (χ0n) is 14.1. The van der Waals surface area contributed by atoms with Crippen molar-refractivity contribution in [3.8, 4) is 0 Å². The van der Waals surface area contributed by atoms with Crippen molar-refractivity contribution in [2.45, 2.75) is 56.6 Å². The van der Waals surface area contributed by atoms with Gasteiger partial charge in [0.2, 0.25) is 5.76 Å². The van der Waals surface area contributed by atoms with Crippen LogP contribution < -0.4 is 0 Å². The maximum Gasteiger partial charge on any atom is 0.293 e. The quantitative estimate of drug-likeness (QED) is 0.840. The predicted molar refractivity (Wildman–Crippen MR) is 83.9 cm³/mol. The Labute approximate surface area is 144 Å². The standard InChI is InChI=1S/C17H20N4O4/c1-9-14(16-18-15(20-25-16)11-4-5-11)21(6-7-23-9)17(22)13-8-12(19-24-13)10-2-3-10/h8-11,14H,2-7H2,1H3/t9-,14+/m1/s1. The van der Waals surface area contributed by atoms with E-state index in [0.717, 1.165) is 37.2 Å². The highest BCUT2D eigenvalue weighted by Crippen LogP contribution is 2.41. The van der Waals surface area contributed by atoms with E-state index in [4.69, 9.17) is 13.8 Å². The van der Waals surface area contributed by atoms with Crippen LogP contribution in [0, 0.1) is 0 Å².